The third-order valence-corrected chi connectivity index (χ3v) is 4.03. The third kappa shape index (κ3) is 3.93. The van der Waals surface area contributed by atoms with Crippen molar-refractivity contribution in [1.29, 1.82) is 0 Å². The molecule has 0 bridgehead atoms. The van der Waals surface area contributed by atoms with Crippen LogP contribution >= 0.6 is 0 Å². The molecule has 1 fully saturated rings. The summed E-state index contributed by atoms with van der Waals surface area (Å²) in [6.07, 6.45) is 4.40. The van der Waals surface area contributed by atoms with Crippen molar-refractivity contribution >= 4 is 17.8 Å². The van der Waals surface area contributed by atoms with Gasteiger partial charge in [-0.05, 0) is 32.6 Å². The number of anilines is 3. The molecule has 1 aliphatic heterocycles. The molecule has 1 aromatic heterocycles. The first-order valence-electron chi connectivity index (χ1n) is 7.68. The minimum atomic E-state index is -0.425. The number of nitrogens with zero attached hydrogens (tertiary/aromatic N) is 4. The maximum absolute atomic E-state index is 9.53. The lowest BCUT2D eigenvalue weighted by Crippen LogP contribution is -2.39. The SMILES string of the molecule is CCC(C)(CO)Nc1nc(NC)nc(N2CCCCC2)n1. The van der Waals surface area contributed by atoms with Crippen LogP contribution in [0.25, 0.3) is 0 Å². The molecule has 2 rings (SSSR count). The standard InChI is InChI=1S/C14H26N6O/c1-4-14(2,10-21)19-12-16-11(15-3)17-13(18-12)20-8-6-5-7-9-20/h21H,4-10H2,1-3H3,(H2,15,16,17,18,19). The van der Waals surface area contributed by atoms with Gasteiger partial charge in [-0.25, -0.2) is 0 Å². The van der Waals surface area contributed by atoms with E-state index < -0.39 is 5.54 Å². The van der Waals surface area contributed by atoms with E-state index in [1.807, 2.05) is 13.8 Å². The number of hydrogen-bond acceptors (Lipinski definition) is 7. The summed E-state index contributed by atoms with van der Waals surface area (Å²) < 4.78 is 0. The van der Waals surface area contributed by atoms with Gasteiger partial charge in [-0.2, -0.15) is 15.0 Å². The average molecular weight is 294 g/mol. The molecular formula is C14H26N6O. The first-order chi connectivity index (χ1) is 10.1. The van der Waals surface area contributed by atoms with Gasteiger partial charge in [-0.15, -0.1) is 0 Å². The van der Waals surface area contributed by atoms with E-state index >= 15 is 0 Å². The summed E-state index contributed by atoms with van der Waals surface area (Å²) in [5.41, 5.74) is -0.425. The Morgan fingerprint density at radius 1 is 1.14 bits per heavy atom. The highest BCUT2D eigenvalue weighted by atomic mass is 16.3. The van der Waals surface area contributed by atoms with Gasteiger partial charge < -0.3 is 20.6 Å². The minimum Gasteiger partial charge on any atom is -0.394 e. The van der Waals surface area contributed by atoms with Crippen molar-refractivity contribution in [3.63, 3.8) is 0 Å². The summed E-state index contributed by atoms with van der Waals surface area (Å²) >= 11 is 0. The Morgan fingerprint density at radius 2 is 1.81 bits per heavy atom. The Labute approximate surface area is 126 Å². The van der Waals surface area contributed by atoms with E-state index in [1.54, 1.807) is 7.05 Å². The fourth-order valence-electron chi connectivity index (χ4n) is 2.28. The van der Waals surface area contributed by atoms with Gasteiger partial charge in [0.15, 0.2) is 0 Å². The minimum absolute atomic E-state index is 0.0309. The predicted octanol–water partition coefficient (Wildman–Crippen LogP) is 1.48. The van der Waals surface area contributed by atoms with Crippen LogP contribution in [-0.4, -0.2) is 52.3 Å². The van der Waals surface area contributed by atoms with Crippen molar-refractivity contribution in [2.24, 2.45) is 0 Å². The van der Waals surface area contributed by atoms with Gasteiger partial charge in [0.1, 0.15) is 0 Å². The second kappa shape index (κ2) is 6.89. The molecule has 1 unspecified atom stereocenters. The Kier molecular flexibility index (Phi) is 5.17. The number of piperidine rings is 1. The van der Waals surface area contributed by atoms with Gasteiger partial charge in [0.05, 0.1) is 12.1 Å². The monoisotopic (exact) mass is 294 g/mol. The first kappa shape index (κ1) is 15.8. The fraction of sp³-hybridized carbons (Fsp3) is 0.786. The molecule has 7 nitrogen and oxygen atoms in total. The number of aliphatic hydroxyl groups excluding tert-OH is 1. The zero-order chi connectivity index (χ0) is 15.3. The van der Waals surface area contributed by atoms with Crippen LogP contribution in [0.1, 0.15) is 39.5 Å². The van der Waals surface area contributed by atoms with Crippen LogP contribution in [0.2, 0.25) is 0 Å². The normalized spacial score (nSPS) is 18.2. The van der Waals surface area contributed by atoms with Crippen LogP contribution in [0.15, 0.2) is 0 Å². The lowest BCUT2D eigenvalue weighted by atomic mass is 10.0. The Bertz CT molecular complexity index is 457. The summed E-state index contributed by atoms with van der Waals surface area (Å²) in [7, 11) is 1.80. The molecule has 118 valence electrons. The largest absolute Gasteiger partial charge is 0.394 e. The van der Waals surface area contributed by atoms with Crippen LogP contribution in [0.4, 0.5) is 17.8 Å². The van der Waals surface area contributed by atoms with Gasteiger partial charge >= 0.3 is 0 Å². The van der Waals surface area contributed by atoms with Gasteiger partial charge in [-0.3, -0.25) is 0 Å². The molecule has 7 heteroatoms. The van der Waals surface area contributed by atoms with E-state index in [0.717, 1.165) is 19.5 Å². The van der Waals surface area contributed by atoms with E-state index in [2.05, 4.69) is 30.5 Å². The van der Waals surface area contributed by atoms with Gasteiger partial charge in [0, 0.05) is 20.1 Å². The highest BCUT2D eigenvalue weighted by molar-refractivity contribution is 5.44. The van der Waals surface area contributed by atoms with E-state index in [4.69, 9.17) is 0 Å². The summed E-state index contributed by atoms with van der Waals surface area (Å²) in [6.45, 7) is 5.98. The van der Waals surface area contributed by atoms with Crippen molar-refractivity contribution < 1.29 is 5.11 Å². The Balaban J connectivity index is 2.24. The van der Waals surface area contributed by atoms with E-state index in [-0.39, 0.29) is 6.61 Å². The second-order valence-corrected chi connectivity index (χ2v) is 5.78. The summed E-state index contributed by atoms with van der Waals surface area (Å²) in [6, 6.07) is 0. The number of nitrogens with one attached hydrogen (secondary N) is 2. The Hall–Kier alpha value is -1.63. The van der Waals surface area contributed by atoms with Gasteiger partial charge in [0.25, 0.3) is 0 Å². The van der Waals surface area contributed by atoms with E-state index in [9.17, 15) is 5.11 Å². The predicted molar refractivity (Wildman–Crippen MR) is 84.8 cm³/mol. The van der Waals surface area contributed by atoms with Crippen molar-refractivity contribution in [3.05, 3.63) is 0 Å². The second-order valence-electron chi connectivity index (χ2n) is 5.78. The van der Waals surface area contributed by atoms with E-state index in [1.165, 1.54) is 19.3 Å². The molecule has 2 heterocycles. The highest BCUT2D eigenvalue weighted by Gasteiger charge is 2.23. The molecule has 3 N–H and O–H groups in total. The maximum atomic E-state index is 9.53. The molecular weight excluding hydrogens is 268 g/mol. The zero-order valence-corrected chi connectivity index (χ0v) is 13.2. The number of aliphatic hydroxyl groups is 1. The lowest BCUT2D eigenvalue weighted by molar-refractivity contribution is 0.218. The van der Waals surface area contributed by atoms with Crippen molar-refractivity contribution in [1.82, 2.24) is 15.0 Å². The maximum Gasteiger partial charge on any atom is 0.231 e. The summed E-state index contributed by atoms with van der Waals surface area (Å²) in [4.78, 5) is 15.5. The quantitative estimate of drug-likeness (QED) is 0.732. The van der Waals surface area contributed by atoms with Crippen molar-refractivity contribution in [2.45, 2.75) is 45.1 Å². The molecule has 21 heavy (non-hydrogen) atoms. The Morgan fingerprint density at radius 3 is 2.38 bits per heavy atom. The summed E-state index contributed by atoms with van der Waals surface area (Å²) in [5, 5.41) is 15.7. The van der Waals surface area contributed by atoms with Crippen LogP contribution < -0.4 is 15.5 Å². The van der Waals surface area contributed by atoms with Crippen molar-refractivity contribution in [2.75, 3.05) is 42.3 Å². The molecule has 1 atom stereocenters. The topological polar surface area (TPSA) is 86.2 Å². The number of rotatable bonds is 6. The molecule has 0 amide bonds. The van der Waals surface area contributed by atoms with Crippen LogP contribution in [0, 0.1) is 0 Å². The molecule has 0 radical (unpaired) electrons. The first-order valence-corrected chi connectivity index (χ1v) is 7.68. The van der Waals surface area contributed by atoms with Crippen LogP contribution in [-0.2, 0) is 0 Å². The molecule has 1 saturated heterocycles. The third-order valence-electron chi connectivity index (χ3n) is 4.03. The van der Waals surface area contributed by atoms with Gasteiger partial charge in [-0.1, -0.05) is 6.92 Å². The molecule has 1 aliphatic rings. The molecule has 0 aliphatic carbocycles. The molecule has 0 aromatic carbocycles. The number of aromatic nitrogens is 3. The molecule has 0 spiro atoms. The summed E-state index contributed by atoms with van der Waals surface area (Å²) in [5.74, 6) is 1.76. The lowest BCUT2D eigenvalue weighted by Gasteiger charge is -2.29. The zero-order valence-electron chi connectivity index (χ0n) is 13.2. The highest BCUT2D eigenvalue weighted by Crippen LogP contribution is 2.21. The van der Waals surface area contributed by atoms with Crippen molar-refractivity contribution in [3.8, 4) is 0 Å². The van der Waals surface area contributed by atoms with Gasteiger partial charge in [0.2, 0.25) is 17.8 Å². The van der Waals surface area contributed by atoms with Crippen LogP contribution in [0.5, 0.6) is 0 Å². The van der Waals surface area contributed by atoms with Crippen LogP contribution in [0.3, 0.4) is 0 Å². The number of hydrogen-bond donors (Lipinski definition) is 3. The fourth-order valence-corrected chi connectivity index (χ4v) is 2.28. The molecule has 0 saturated carbocycles. The van der Waals surface area contributed by atoms with E-state index in [0.29, 0.717) is 17.8 Å². The average Bonchev–Trinajstić information content (AvgIpc) is 2.55. The smallest absolute Gasteiger partial charge is 0.231 e. The molecule has 1 aromatic rings.